The number of aromatic nitrogens is 1. The number of amides is 2. The average Bonchev–Trinajstić information content (AvgIpc) is 3.17. The SMILES string of the molecule is CC.Cc1cc(C2=CCCN(C(=O)C(C)C)C2)c(F)c2[nH]c(C(=O)N(C)C)cc12. The summed E-state index contributed by atoms with van der Waals surface area (Å²) in [5.74, 6) is -0.574. The number of benzene rings is 1. The average molecular weight is 402 g/mol. The largest absolute Gasteiger partial charge is 0.348 e. The molecule has 1 aromatic carbocycles. The number of aromatic amines is 1. The minimum Gasteiger partial charge on any atom is -0.348 e. The fourth-order valence-corrected chi connectivity index (χ4v) is 3.51. The van der Waals surface area contributed by atoms with E-state index in [4.69, 9.17) is 0 Å². The van der Waals surface area contributed by atoms with Crippen molar-refractivity contribution in [3.8, 4) is 0 Å². The molecule has 2 aromatic rings. The van der Waals surface area contributed by atoms with Crippen molar-refractivity contribution < 1.29 is 14.0 Å². The highest BCUT2D eigenvalue weighted by atomic mass is 19.1. The Hall–Kier alpha value is -2.63. The second kappa shape index (κ2) is 9.25. The van der Waals surface area contributed by atoms with Gasteiger partial charge in [0.05, 0.1) is 5.52 Å². The van der Waals surface area contributed by atoms with Crippen molar-refractivity contribution in [2.24, 2.45) is 5.92 Å². The summed E-state index contributed by atoms with van der Waals surface area (Å²) in [7, 11) is 3.32. The monoisotopic (exact) mass is 401 g/mol. The Bertz CT molecular complexity index is 941. The first-order valence-electron chi connectivity index (χ1n) is 10.2. The summed E-state index contributed by atoms with van der Waals surface area (Å²) < 4.78 is 15.3. The molecule has 0 saturated carbocycles. The van der Waals surface area contributed by atoms with Crippen molar-refractivity contribution in [3.63, 3.8) is 0 Å². The Morgan fingerprint density at radius 1 is 1.21 bits per heavy atom. The van der Waals surface area contributed by atoms with E-state index in [2.05, 4.69) is 4.98 Å². The number of halogens is 1. The van der Waals surface area contributed by atoms with E-state index in [-0.39, 0.29) is 23.5 Å². The maximum atomic E-state index is 15.3. The molecular weight excluding hydrogens is 369 g/mol. The third-order valence-electron chi connectivity index (χ3n) is 5.00. The summed E-state index contributed by atoms with van der Waals surface area (Å²) in [5.41, 5.74) is 2.90. The minimum atomic E-state index is -0.376. The number of hydrogen-bond donors (Lipinski definition) is 1. The van der Waals surface area contributed by atoms with Crippen LogP contribution in [0.1, 0.15) is 55.7 Å². The lowest BCUT2D eigenvalue weighted by Crippen LogP contribution is -2.38. The van der Waals surface area contributed by atoms with Crippen LogP contribution in [0.4, 0.5) is 4.39 Å². The molecule has 0 unspecified atom stereocenters. The highest BCUT2D eigenvalue weighted by Gasteiger charge is 2.24. The second-order valence-corrected chi connectivity index (χ2v) is 7.66. The lowest BCUT2D eigenvalue weighted by Gasteiger charge is -2.29. The van der Waals surface area contributed by atoms with Crippen molar-refractivity contribution in [3.05, 3.63) is 40.8 Å². The number of fused-ring (bicyclic) bond motifs is 1. The van der Waals surface area contributed by atoms with Crippen LogP contribution in [0.3, 0.4) is 0 Å². The molecule has 1 N–H and O–H groups in total. The predicted molar refractivity (Wildman–Crippen MR) is 116 cm³/mol. The molecule has 6 heteroatoms. The molecular formula is C23H32FN3O2. The summed E-state index contributed by atoms with van der Waals surface area (Å²) in [6.07, 6.45) is 2.71. The molecule has 0 bridgehead atoms. The topological polar surface area (TPSA) is 56.4 Å². The van der Waals surface area contributed by atoms with E-state index < -0.39 is 0 Å². The van der Waals surface area contributed by atoms with Crippen molar-refractivity contribution in [2.75, 3.05) is 27.2 Å². The highest BCUT2D eigenvalue weighted by molar-refractivity contribution is 5.99. The van der Waals surface area contributed by atoms with E-state index in [0.29, 0.717) is 41.7 Å². The molecule has 0 radical (unpaired) electrons. The summed E-state index contributed by atoms with van der Waals surface area (Å²) in [5, 5.41) is 0.702. The van der Waals surface area contributed by atoms with Gasteiger partial charge in [-0.25, -0.2) is 4.39 Å². The zero-order valence-corrected chi connectivity index (χ0v) is 18.5. The normalized spacial score (nSPS) is 13.8. The summed E-state index contributed by atoms with van der Waals surface area (Å²) in [6, 6.07) is 3.51. The van der Waals surface area contributed by atoms with Crippen LogP contribution in [0.5, 0.6) is 0 Å². The molecule has 5 nitrogen and oxygen atoms in total. The van der Waals surface area contributed by atoms with Crippen LogP contribution in [-0.2, 0) is 4.79 Å². The third kappa shape index (κ3) is 4.52. The van der Waals surface area contributed by atoms with E-state index in [1.54, 1.807) is 25.1 Å². The molecule has 3 rings (SSSR count). The van der Waals surface area contributed by atoms with Gasteiger partial charge in [-0.1, -0.05) is 33.8 Å². The van der Waals surface area contributed by atoms with Crippen LogP contribution < -0.4 is 0 Å². The van der Waals surface area contributed by atoms with Crippen LogP contribution in [0.25, 0.3) is 16.5 Å². The number of carbonyl (C=O) groups is 2. The number of carbonyl (C=O) groups excluding carboxylic acids is 2. The van der Waals surface area contributed by atoms with Gasteiger partial charge in [0.2, 0.25) is 5.91 Å². The first-order valence-corrected chi connectivity index (χ1v) is 10.2. The van der Waals surface area contributed by atoms with Gasteiger partial charge in [0.15, 0.2) is 5.82 Å². The Kier molecular flexibility index (Phi) is 7.22. The van der Waals surface area contributed by atoms with Gasteiger partial charge in [0.1, 0.15) is 5.69 Å². The molecule has 0 aliphatic carbocycles. The van der Waals surface area contributed by atoms with Crippen molar-refractivity contribution in [1.82, 2.24) is 14.8 Å². The summed E-state index contributed by atoms with van der Waals surface area (Å²) in [6.45, 7) is 10.7. The van der Waals surface area contributed by atoms with Gasteiger partial charge < -0.3 is 14.8 Å². The van der Waals surface area contributed by atoms with E-state index in [1.807, 2.05) is 46.8 Å². The Morgan fingerprint density at radius 2 is 1.86 bits per heavy atom. The van der Waals surface area contributed by atoms with E-state index in [1.165, 1.54) is 4.90 Å². The van der Waals surface area contributed by atoms with Crippen LogP contribution >= 0.6 is 0 Å². The molecule has 158 valence electrons. The van der Waals surface area contributed by atoms with Gasteiger partial charge in [0, 0.05) is 44.1 Å². The Labute approximate surface area is 172 Å². The molecule has 0 saturated heterocycles. The van der Waals surface area contributed by atoms with Crippen molar-refractivity contribution >= 4 is 28.3 Å². The summed E-state index contributed by atoms with van der Waals surface area (Å²) in [4.78, 5) is 30.7. The first-order chi connectivity index (χ1) is 13.7. The first kappa shape index (κ1) is 22.7. The number of rotatable bonds is 3. The lowest BCUT2D eigenvalue weighted by atomic mass is 9.96. The van der Waals surface area contributed by atoms with Gasteiger partial charge in [-0.3, -0.25) is 9.59 Å². The number of nitrogens with one attached hydrogen (secondary N) is 1. The van der Waals surface area contributed by atoms with E-state index in [9.17, 15) is 9.59 Å². The fraction of sp³-hybridized carbons (Fsp3) is 0.478. The van der Waals surface area contributed by atoms with Crippen LogP contribution in [0.2, 0.25) is 0 Å². The molecule has 29 heavy (non-hydrogen) atoms. The number of aryl methyl sites for hydroxylation is 1. The maximum Gasteiger partial charge on any atom is 0.269 e. The molecule has 1 aromatic heterocycles. The molecule has 0 fully saturated rings. The molecule has 2 heterocycles. The lowest BCUT2D eigenvalue weighted by molar-refractivity contribution is -0.133. The number of nitrogens with zero attached hydrogens (tertiary/aromatic N) is 2. The Balaban J connectivity index is 0.00000145. The maximum absolute atomic E-state index is 15.3. The van der Waals surface area contributed by atoms with Crippen molar-refractivity contribution in [2.45, 2.75) is 41.0 Å². The number of H-pyrrole nitrogens is 1. The second-order valence-electron chi connectivity index (χ2n) is 7.66. The van der Waals surface area contributed by atoms with Crippen molar-refractivity contribution in [1.29, 1.82) is 0 Å². The van der Waals surface area contributed by atoms with Gasteiger partial charge in [0.25, 0.3) is 5.91 Å². The third-order valence-corrected chi connectivity index (χ3v) is 5.00. The highest BCUT2D eigenvalue weighted by Crippen LogP contribution is 2.31. The van der Waals surface area contributed by atoms with E-state index >= 15 is 4.39 Å². The minimum absolute atomic E-state index is 0.0811. The van der Waals surface area contributed by atoms with Gasteiger partial charge in [-0.2, -0.15) is 0 Å². The fourth-order valence-electron chi connectivity index (χ4n) is 3.51. The van der Waals surface area contributed by atoms with Crippen LogP contribution in [0, 0.1) is 18.7 Å². The zero-order valence-electron chi connectivity index (χ0n) is 18.5. The van der Waals surface area contributed by atoms with Gasteiger partial charge in [-0.15, -0.1) is 0 Å². The van der Waals surface area contributed by atoms with E-state index in [0.717, 1.165) is 11.1 Å². The molecule has 1 aliphatic heterocycles. The molecule has 1 aliphatic rings. The molecule has 0 atom stereocenters. The number of hydrogen-bond acceptors (Lipinski definition) is 2. The molecule has 0 spiro atoms. The molecule has 2 amide bonds. The van der Waals surface area contributed by atoms with Crippen LogP contribution in [0.15, 0.2) is 18.2 Å². The zero-order chi connectivity index (χ0) is 21.9. The summed E-state index contributed by atoms with van der Waals surface area (Å²) >= 11 is 0. The van der Waals surface area contributed by atoms with Gasteiger partial charge in [-0.05, 0) is 36.6 Å². The quantitative estimate of drug-likeness (QED) is 0.816. The standard InChI is InChI=1S/C21H26FN3O2.C2H6/c1-12(2)20(26)25-8-6-7-14(11-25)16-9-13(3)15-10-17(21(27)24(4)5)23-19(15)18(16)22;1-2/h7,9-10,12,23H,6,8,11H2,1-5H3;1-2H3. The Morgan fingerprint density at radius 3 is 2.45 bits per heavy atom. The van der Waals surface area contributed by atoms with Gasteiger partial charge >= 0.3 is 0 Å². The van der Waals surface area contributed by atoms with Crippen LogP contribution in [-0.4, -0.2) is 53.8 Å². The smallest absolute Gasteiger partial charge is 0.269 e. The predicted octanol–water partition coefficient (Wildman–Crippen LogP) is 4.62.